The Kier molecular flexibility index (Phi) is 3.72. The van der Waals surface area contributed by atoms with Crippen molar-refractivity contribution in [3.8, 4) is 0 Å². The number of aromatic nitrogens is 1. The van der Waals surface area contributed by atoms with Gasteiger partial charge in [-0.15, -0.1) is 0 Å². The molecule has 0 spiro atoms. The van der Waals surface area contributed by atoms with E-state index in [0.29, 0.717) is 11.6 Å². The molecule has 0 aliphatic heterocycles. The van der Waals surface area contributed by atoms with Crippen molar-refractivity contribution < 1.29 is 4.92 Å². The van der Waals surface area contributed by atoms with E-state index in [2.05, 4.69) is 10.3 Å². The number of nitrogens with zero attached hydrogens (tertiary/aromatic N) is 2. The Morgan fingerprint density at radius 2 is 2.24 bits per heavy atom. The maximum Gasteiger partial charge on any atom is 0.324 e. The summed E-state index contributed by atoms with van der Waals surface area (Å²) in [5.41, 5.74) is 2.51. The van der Waals surface area contributed by atoms with Crippen LogP contribution in [0.15, 0.2) is 41.9 Å². The van der Waals surface area contributed by atoms with Gasteiger partial charge in [-0.05, 0) is 29.8 Å². The number of anilines is 1. The highest BCUT2D eigenvalue weighted by molar-refractivity contribution is 7.13. The minimum absolute atomic E-state index is 0.148. The van der Waals surface area contributed by atoms with E-state index in [1.54, 1.807) is 23.7 Å². The van der Waals surface area contributed by atoms with E-state index >= 15 is 0 Å². The molecule has 5 nitrogen and oxygen atoms in total. The van der Waals surface area contributed by atoms with Crippen LogP contribution in [0.2, 0.25) is 5.02 Å². The fraction of sp³-hybridized carbons (Fsp3) is 0.0714. The highest BCUT2D eigenvalue weighted by Gasteiger charge is 2.10. The van der Waals surface area contributed by atoms with Crippen molar-refractivity contribution in [2.45, 2.75) is 6.54 Å². The summed E-state index contributed by atoms with van der Waals surface area (Å²) in [5, 5.41) is 17.4. The van der Waals surface area contributed by atoms with Gasteiger partial charge in [-0.2, -0.15) is 0 Å². The molecule has 0 aliphatic carbocycles. The van der Waals surface area contributed by atoms with Crippen molar-refractivity contribution in [1.29, 1.82) is 0 Å². The first-order chi connectivity index (χ1) is 10.1. The summed E-state index contributed by atoms with van der Waals surface area (Å²) >= 11 is 7.25. The van der Waals surface area contributed by atoms with Crippen LogP contribution < -0.4 is 5.32 Å². The Bertz CT molecular complexity index is 819. The van der Waals surface area contributed by atoms with Crippen molar-refractivity contribution >= 4 is 44.5 Å². The Labute approximate surface area is 129 Å². The largest absolute Gasteiger partial charge is 0.380 e. The summed E-state index contributed by atoms with van der Waals surface area (Å²) in [6.45, 7) is 0.510. The first kappa shape index (κ1) is 13.8. The zero-order valence-electron chi connectivity index (χ0n) is 10.7. The highest BCUT2D eigenvalue weighted by Crippen LogP contribution is 2.29. The second-order valence-electron chi connectivity index (χ2n) is 4.40. The second kappa shape index (κ2) is 5.67. The molecule has 1 aromatic carbocycles. The van der Waals surface area contributed by atoms with Gasteiger partial charge in [0, 0.05) is 35.3 Å². The van der Waals surface area contributed by atoms with Crippen LogP contribution in [0.25, 0.3) is 10.9 Å². The predicted octanol–water partition coefficient (Wildman–Crippen LogP) is 4.47. The van der Waals surface area contributed by atoms with Gasteiger partial charge in [0.05, 0.1) is 15.5 Å². The van der Waals surface area contributed by atoms with Crippen LogP contribution in [0.4, 0.5) is 10.7 Å². The molecule has 3 aromatic rings. The van der Waals surface area contributed by atoms with E-state index in [0.717, 1.165) is 33.5 Å². The third-order valence-electron chi connectivity index (χ3n) is 3.02. The van der Waals surface area contributed by atoms with Gasteiger partial charge in [0.1, 0.15) is 0 Å². The topological polar surface area (TPSA) is 68.1 Å². The Hall–Kier alpha value is -2.18. The predicted molar refractivity (Wildman–Crippen MR) is 85.1 cm³/mol. The van der Waals surface area contributed by atoms with E-state index in [1.807, 2.05) is 18.2 Å². The molecule has 0 saturated carbocycles. The average Bonchev–Trinajstić information content (AvgIpc) is 2.96. The van der Waals surface area contributed by atoms with Crippen LogP contribution >= 0.6 is 22.9 Å². The highest BCUT2D eigenvalue weighted by atomic mass is 35.5. The SMILES string of the molecule is O=[N+]([O-])c1cc(CNc2ccc(Cl)c3ncccc23)cs1. The molecule has 0 aliphatic rings. The summed E-state index contributed by atoms with van der Waals surface area (Å²) in [7, 11) is 0. The average molecular weight is 320 g/mol. The molecular formula is C14H10ClN3O2S. The normalized spacial score (nSPS) is 10.7. The quantitative estimate of drug-likeness (QED) is 0.569. The zero-order chi connectivity index (χ0) is 14.8. The smallest absolute Gasteiger partial charge is 0.324 e. The van der Waals surface area contributed by atoms with Gasteiger partial charge in [-0.1, -0.05) is 22.9 Å². The lowest BCUT2D eigenvalue weighted by atomic mass is 10.1. The van der Waals surface area contributed by atoms with Gasteiger partial charge < -0.3 is 5.32 Å². The standard InChI is InChI=1S/C14H10ClN3O2S/c15-11-3-4-12(10-2-1-5-16-14(10)11)17-7-9-6-13(18(19)20)21-8-9/h1-6,8,17H,7H2. The zero-order valence-corrected chi connectivity index (χ0v) is 12.3. The third-order valence-corrected chi connectivity index (χ3v) is 4.26. The molecule has 0 saturated heterocycles. The maximum atomic E-state index is 10.7. The number of nitrogens with one attached hydrogen (secondary N) is 1. The summed E-state index contributed by atoms with van der Waals surface area (Å²) in [6.07, 6.45) is 1.69. The number of hydrogen-bond donors (Lipinski definition) is 1. The van der Waals surface area contributed by atoms with Gasteiger partial charge in [-0.3, -0.25) is 15.1 Å². The molecule has 1 N–H and O–H groups in total. The van der Waals surface area contributed by atoms with Gasteiger partial charge in [0.25, 0.3) is 0 Å². The molecule has 3 rings (SSSR count). The van der Waals surface area contributed by atoms with Crippen molar-refractivity contribution in [3.63, 3.8) is 0 Å². The maximum absolute atomic E-state index is 10.7. The first-order valence-electron chi connectivity index (χ1n) is 6.14. The molecule has 0 atom stereocenters. The Morgan fingerprint density at radius 1 is 1.38 bits per heavy atom. The molecule has 7 heteroatoms. The number of hydrogen-bond acceptors (Lipinski definition) is 5. The number of halogens is 1. The molecule has 106 valence electrons. The molecule has 0 radical (unpaired) electrons. The minimum atomic E-state index is -0.379. The summed E-state index contributed by atoms with van der Waals surface area (Å²) in [6, 6.07) is 9.03. The van der Waals surface area contributed by atoms with E-state index in [-0.39, 0.29) is 9.92 Å². The molecule has 2 aromatic heterocycles. The number of fused-ring (bicyclic) bond motifs is 1. The van der Waals surface area contributed by atoms with Crippen molar-refractivity contribution in [1.82, 2.24) is 4.98 Å². The van der Waals surface area contributed by atoms with E-state index < -0.39 is 0 Å². The molecule has 0 amide bonds. The van der Waals surface area contributed by atoms with Crippen LogP contribution in [0.1, 0.15) is 5.56 Å². The van der Waals surface area contributed by atoms with Gasteiger partial charge in [0.2, 0.25) is 0 Å². The van der Waals surface area contributed by atoms with E-state index in [9.17, 15) is 10.1 Å². The molecule has 0 unspecified atom stereocenters. The Balaban J connectivity index is 1.85. The monoisotopic (exact) mass is 319 g/mol. The fourth-order valence-corrected chi connectivity index (χ4v) is 2.98. The molecular weight excluding hydrogens is 310 g/mol. The lowest BCUT2D eigenvalue weighted by Gasteiger charge is -2.09. The number of rotatable bonds is 4. The second-order valence-corrected chi connectivity index (χ2v) is 5.70. The van der Waals surface area contributed by atoms with Crippen LogP contribution in [-0.4, -0.2) is 9.91 Å². The summed E-state index contributed by atoms with van der Waals surface area (Å²) in [5.74, 6) is 0. The molecule has 2 heterocycles. The lowest BCUT2D eigenvalue weighted by Crippen LogP contribution is -1.99. The van der Waals surface area contributed by atoms with Crippen LogP contribution in [0.5, 0.6) is 0 Å². The van der Waals surface area contributed by atoms with Crippen molar-refractivity contribution in [3.05, 3.63) is 62.6 Å². The number of benzene rings is 1. The molecule has 0 fully saturated rings. The van der Waals surface area contributed by atoms with E-state index in [4.69, 9.17) is 11.6 Å². The summed E-state index contributed by atoms with van der Waals surface area (Å²) < 4.78 is 0. The van der Waals surface area contributed by atoms with Crippen LogP contribution in [0.3, 0.4) is 0 Å². The van der Waals surface area contributed by atoms with Crippen LogP contribution in [0, 0.1) is 10.1 Å². The summed E-state index contributed by atoms with van der Waals surface area (Å²) in [4.78, 5) is 14.6. The van der Waals surface area contributed by atoms with Gasteiger partial charge in [-0.25, -0.2) is 0 Å². The fourth-order valence-electron chi connectivity index (χ4n) is 2.04. The van der Waals surface area contributed by atoms with Crippen LogP contribution in [-0.2, 0) is 6.54 Å². The number of pyridine rings is 1. The Morgan fingerprint density at radius 3 is 3.00 bits per heavy atom. The first-order valence-corrected chi connectivity index (χ1v) is 7.40. The van der Waals surface area contributed by atoms with E-state index in [1.165, 1.54) is 0 Å². The lowest BCUT2D eigenvalue weighted by molar-refractivity contribution is -0.380. The molecule has 21 heavy (non-hydrogen) atoms. The molecule has 0 bridgehead atoms. The van der Waals surface area contributed by atoms with Gasteiger partial charge >= 0.3 is 5.00 Å². The van der Waals surface area contributed by atoms with Crippen molar-refractivity contribution in [2.24, 2.45) is 0 Å². The van der Waals surface area contributed by atoms with Gasteiger partial charge in [0.15, 0.2) is 0 Å². The minimum Gasteiger partial charge on any atom is -0.380 e. The van der Waals surface area contributed by atoms with Crippen molar-refractivity contribution in [2.75, 3.05) is 5.32 Å². The number of thiophene rings is 1. The third kappa shape index (κ3) is 2.81. The number of nitro groups is 1.